The molecule has 7 nitrogen and oxygen atoms in total. The zero-order chi connectivity index (χ0) is 19.3. The van der Waals surface area contributed by atoms with Gasteiger partial charge in [0.1, 0.15) is 0 Å². The maximum absolute atomic E-state index is 10.9. The van der Waals surface area contributed by atoms with Crippen molar-refractivity contribution in [3.63, 3.8) is 0 Å². The lowest BCUT2D eigenvalue weighted by molar-refractivity contribution is -0.384. The Labute approximate surface area is 166 Å². The van der Waals surface area contributed by atoms with E-state index < -0.39 is 4.92 Å². The second-order valence-corrected chi connectivity index (χ2v) is 7.57. The molecule has 2 heterocycles. The first-order valence-corrected chi connectivity index (χ1v) is 10.2. The summed E-state index contributed by atoms with van der Waals surface area (Å²) in [5.74, 6) is 1.51. The van der Waals surface area contributed by atoms with Crippen molar-refractivity contribution in [2.24, 2.45) is 0 Å². The van der Waals surface area contributed by atoms with Crippen molar-refractivity contribution in [2.45, 2.75) is 36.4 Å². The number of nitro benzene ring substituents is 1. The van der Waals surface area contributed by atoms with E-state index in [1.54, 1.807) is 23.9 Å². The zero-order valence-corrected chi connectivity index (χ0v) is 16.0. The molecular formula is C20H20N4O3S. The van der Waals surface area contributed by atoms with Gasteiger partial charge in [0.15, 0.2) is 11.0 Å². The standard InChI is InChI=1S/C20H20N4O3S/c25-24(26)17-10-8-16(9-11-17)19-21-22-20(23(19)13-18-7-4-12-27-18)28-14-15-5-2-1-3-6-15/h1-3,5-6,8-11,18H,4,7,12-14H2/t18-/m0/s1. The van der Waals surface area contributed by atoms with Crippen molar-refractivity contribution in [3.8, 4) is 11.4 Å². The number of aromatic nitrogens is 3. The molecule has 2 aromatic carbocycles. The Morgan fingerprint density at radius 2 is 1.93 bits per heavy atom. The smallest absolute Gasteiger partial charge is 0.269 e. The average Bonchev–Trinajstić information content (AvgIpc) is 3.38. The molecule has 0 amide bonds. The zero-order valence-electron chi connectivity index (χ0n) is 15.2. The molecule has 3 aromatic rings. The van der Waals surface area contributed by atoms with E-state index >= 15 is 0 Å². The van der Waals surface area contributed by atoms with Crippen molar-refractivity contribution in [2.75, 3.05) is 6.61 Å². The Kier molecular flexibility index (Phi) is 5.68. The normalized spacial score (nSPS) is 16.4. The molecule has 4 rings (SSSR count). The van der Waals surface area contributed by atoms with Gasteiger partial charge < -0.3 is 4.74 Å². The molecule has 144 valence electrons. The highest BCUT2D eigenvalue weighted by Gasteiger charge is 2.22. The third-order valence-electron chi connectivity index (χ3n) is 4.67. The van der Waals surface area contributed by atoms with Crippen LogP contribution >= 0.6 is 11.8 Å². The highest BCUT2D eigenvalue weighted by Crippen LogP contribution is 2.29. The highest BCUT2D eigenvalue weighted by molar-refractivity contribution is 7.98. The molecule has 1 fully saturated rings. The number of non-ortho nitro benzene ring substituents is 1. The van der Waals surface area contributed by atoms with E-state index in [1.807, 2.05) is 18.2 Å². The summed E-state index contributed by atoms with van der Waals surface area (Å²) in [6, 6.07) is 16.7. The lowest BCUT2D eigenvalue weighted by Crippen LogP contribution is -2.16. The first-order chi connectivity index (χ1) is 13.7. The van der Waals surface area contributed by atoms with Crippen LogP contribution in [0.4, 0.5) is 5.69 Å². The van der Waals surface area contributed by atoms with Gasteiger partial charge >= 0.3 is 0 Å². The molecule has 0 bridgehead atoms. The Hall–Kier alpha value is -2.71. The lowest BCUT2D eigenvalue weighted by atomic mass is 10.2. The van der Waals surface area contributed by atoms with Crippen molar-refractivity contribution >= 4 is 17.4 Å². The van der Waals surface area contributed by atoms with Crippen LogP contribution in [0.3, 0.4) is 0 Å². The van der Waals surface area contributed by atoms with Gasteiger partial charge in [-0.25, -0.2) is 0 Å². The van der Waals surface area contributed by atoms with Crippen LogP contribution in [0.2, 0.25) is 0 Å². The number of nitro groups is 1. The summed E-state index contributed by atoms with van der Waals surface area (Å²) in [7, 11) is 0. The Morgan fingerprint density at radius 3 is 2.61 bits per heavy atom. The van der Waals surface area contributed by atoms with Gasteiger partial charge in [-0.15, -0.1) is 10.2 Å². The van der Waals surface area contributed by atoms with Gasteiger partial charge in [0, 0.05) is 30.1 Å². The third-order valence-corrected chi connectivity index (χ3v) is 5.71. The maximum atomic E-state index is 10.9. The third kappa shape index (κ3) is 4.23. The second-order valence-electron chi connectivity index (χ2n) is 6.63. The number of nitrogens with zero attached hydrogens (tertiary/aromatic N) is 4. The van der Waals surface area contributed by atoms with Crippen LogP contribution in [0.15, 0.2) is 59.8 Å². The molecule has 8 heteroatoms. The van der Waals surface area contributed by atoms with Crippen molar-refractivity contribution < 1.29 is 9.66 Å². The quantitative estimate of drug-likeness (QED) is 0.336. The molecule has 28 heavy (non-hydrogen) atoms. The fourth-order valence-electron chi connectivity index (χ4n) is 3.22. The Bertz CT molecular complexity index is 938. The molecule has 1 aliphatic heterocycles. The molecule has 1 aliphatic rings. The SMILES string of the molecule is O=[N+]([O-])c1ccc(-c2nnc(SCc3ccccc3)n2C[C@@H]2CCCO2)cc1. The van der Waals surface area contributed by atoms with E-state index in [1.165, 1.54) is 17.7 Å². The molecule has 0 saturated carbocycles. The minimum atomic E-state index is -0.401. The summed E-state index contributed by atoms with van der Waals surface area (Å²) in [4.78, 5) is 10.5. The fourth-order valence-corrected chi connectivity index (χ4v) is 4.12. The number of ether oxygens (including phenoxy) is 1. The van der Waals surface area contributed by atoms with Crippen LogP contribution in [0.25, 0.3) is 11.4 Å². The summed E-state index contributed by atoms with van der Waals surface area (Å²) >= 11 is 1.63. The second kappa shape index (κ2) is 8.53. The summed E-state index contributed by atoms with van der Waals surface area (Å²) in [5, 5.41) is 20.5. The van der Waals surface area contributed by atoms with E-state index in [0.29, 0.717) is 12.4 Å². The predicted molar refractivity (Wildman–Crippen MR) is 107 cm³/mol. The number of rotatable bonds is 7. The van der Waals surface area contributed by atoms with Gasteiger partial charge in [-0.2, -0.15) is 0 Å². The van der Waals surface area contributed by atoms with Crippen molar-refractivity contribution in [1.29, 1.82) is 0 Å². The van der Waals surface area contributed by atoms with Gasteiger partial charge in [0.05, 0.1) is 17.6 Å². The summed E-state index contributed by atoms with van der Waals surface area (Å²) in [6.45, 7) is 1.46. The number of thioether (sulfide) groups is 1. The average molecular weight is 396 g/mol. The topological polar surface area (TPSA) is 83.1 Å². The highest BCUT2D eigenvalue weighted by atomic mass is 32.2. The number of benzene rings is 2. The fraction of sp³-hybridized carbons (Fsp3) is 0.300. The van der Waals surface area contributed by atoms with Crippen molar-refractivity contribution in [1.82, 2.24) is 14.8 Å². The monoisotopic (exact) mass is 396 g/mol. The van der Waals surface area contributed by atoms with Crippen LogP contribution in [0.5, 0.6) is 0 Å². The van der Waals surface area contributed by atoms with Crippen LogP contribution in [-0.4, -0.2) is 32.4 Å². The van der Waals surface area contributed by atoms with Gasteiger partial charge in [0.2, 0.25) is 0 Å². The number of hydrogen-bond acceptors (Lipinski definition) is 6. The van der Waals surface area contributed by atoms with E-state index in [2.05, 4.69) is 26.9 Å². The van der Waals surface area contributed by atoms with Crippen LogP contribution < -0.4 is 0 Å². The minimum Gasteiger partial charge on any atom is -0.376 e. The van der Waals surface area contributed by atoms with E-state index in [-0.39, 0.29) is 11.8 Å². The Balaban J connectivity index is 1.61. The summed E-state index contributed by atoms with van der Waals surface area (Å²) in [5.41, 5.74) is 2.09. The first kappa shape index (κ1) is 18.6. The molecule has 0 unspecified atom stereocenters. The largest absolute Gasteiger partial charge is 0.376 e. The summed E-state index contributed by atoms with van der Waals surface area (Å²) < 4.78 is 7.88. The summed E-state index contributed by atoms with van der Waals surface area (Å²) in [6.07, 6.45) is 2.22. The van der Waals surface area contributed by atoms with Gasteiger partial charge in [-0.1, -0.05) is 42.1 Å². The van der Waals surface area contributed by atoms with Gasteiger partial charge in [0.25, 0.3) is 5.69 Å². The van der Waals surface area contributed by atoms with Crippen LogP contribution in [0, 0.1) is 10.1 Å². The molecular weight excluding hydrogens is 376 g/mol. The minimum absolute atomic E-state index is 0.0626. The lowest BCUT2D eigenvalue weighted by Gasteiger charge is -2.14. The van der Waals surface area contributed by atoms with E-state index in [4.69, 9.17) is 4.74 Å². The molecule has 0 spiro atoms. The molecule has 1 aromatic heterocycles. The predicted octanol–water partition coefficient (Wildman–Crippen LogP) is 4.32. The van der Waals surface area contributed by atoms with Crippen molar-refractivity contribution in [3.05, 3.63) is 70.3 Å². The number of hydrogen-bond donors (Lipinski definition) is 0. The van der Waals surface area contributed by atoms with Crippen LogP contribution in [-0.2, 0) is 17.0 Å². The molecule has 0 N–H and O–H groups in total. The first-order valence-electron chi connectivity index (χ1n) is 9.17. The maximum Gasteiger partial charge on any atom is 0.269 e. The molecule has 1 atom stereocenters. The molecule has 1 saturated heterocycles. The van der Waals surface area contributed by atoms with Gasteiger partial charge in [-0.05, 0) is 30.5 Å². The van der Waals surface area contributed by atoms with Crippen LogP contribution in [0.1, 0.15) is 18.4 Å². The molecule has 0 aliphatic carbocycles. The van der Waals surface area contributed by atoms with E-state index in [0.717, 1.165) is 35.9 Å². The van der Waals surface area contributed by atoms with E-state index in [9.17, 15) is 10.1 Å². The van der Waals surface area contributed by atoms with Gasteiger partial charge in [-0.3, -0.25) is 14.7 Å². The Morgan fingerprint density at radius 1 is 1.14 bits per heavy atom. The molecule has 0 radical (unpaired) electrons.